The van der Waals surface area contributed by atoms with E-state index in [0.717, 1.165) is 32.7 Å². The number of carbonyl (C=O) groups excluding carboxylic acids is 17. The summed E-state index contributed by atoms with van der Waals surface area (Å²) in [5.74, 6) is -17.0. The molecule has 2 aliphatic heterocycles. The van der Waals surface area contributed by atoms with Crippen molar-refractivity contribution in [3.05, 3.63) is 132 Å². The number of likely N-dealkylation sites (N-methyl/N-ethyl adjacent to an activating group) is 4. The fourth-order valence-corrected chi connectivity index (χ4v) is 17.7. The number of ketones is 4. The number of hydrogen-bond acceptors (Lipinski definition) is 21. The zero-order chi connectivity index (χ0) is 96.6. The number of allylic oxidation sites excluding steroid dienone is 1. The Labute approximate surface area is 773 Å². The second-order valence-corrected chi connectivity index (χ2v) is 36.0. The van der Waals surface area contributed by atoms with Crippen molar-refractivity contribution >= 4 is 134 Å². The minimum absolute atomic E-state index is 0.0158. The Kier molecular flexibility index (Phi) is 40.8. The first-order chi connectivity index (χ1) is 62.9. The number of hydrogen-bond donors (Lipinski definition) is 14. The number of nitrogens with two attached hydrogens (primary N) is 2. The monoisotopic (exact) mass is 1850 g/mol. The first-order valence-corrected chi connectivity index (χ1v) is 46.5. The molecule has 37 nitrogen and oxygen atoms in total. The highest BCUT2D eigenvalue weighted by Gasteiger charge is 2.44. The molecule has 3 aromatic carbocycles. The van der Waals surface area contributed by atoms with Crippen molar-refractivity contribution in [2.75, 3.05) is 65.9 Å². The third kappa shape index (κ3) is 30.6. The number of nitrogens with one attached hydrogen (secondary N) is 11. The summed E-state index contributed by atoms with van der Waals surface area (Å²) in [6.45, 7) is 8.25. The van der Waals surface area contributed by atoms with Crippen LogP contribution in [-0.2, 0) is 107 Å². The number of amides is 13. The molecule has 0 saturated carbocycles. The zero-order valence-corrected chi connectivity index (χ0v) is 77.9. The van der Waals surface area contributed by atoms with Crippen molar-refractivity contribution < 1.29 is 86.6 Å². The van der Waals surface area contributed by atoms with Gasteiger partial charge < -0.3 is 98.4 Å². The molecule has 132 heavy (non-hydrogen) atoms. The van der Waals surface area contributed by atoms with Crippen molar-refractivity contribution in [2.45, 2.75) is 243 Å². The second kappa shape index (κ2) is 51.4. The van der Waals surface area contributed by atoms with E-state index in [1.54, 1.807) is 80.7 Å². The number of Topliss-reactive ketones (excluding diaryl/α,β-unsaturated/α-hetero) is 4. The highest BCUT2D eigenvalue weighted by atomic mass is 32.2. The molecule has 8 rings (SSSR count). The van der Waals surface area contributed by atoms with E-state index in [0.29, 0.717) is 65.4 Å². The molecule has 0 spiro atoms. The van der Waals surface area contributed by atoms with Crippen molar-refractivity contribution in [3.8, 4) is 0 Å². The number of carbonyl (C=O) groups is 17. The second-order valence-electron chi connectivity index (χ2n) is 35.0. The molecule has 716 valence electrons. The average Bonchev–Trinajstić information content (AvgIpc) is 1.48. The molecule has 4 heterocycles. The summed E-state index contributed by atoms with van der Waals surface area (Å²) in [5, 5.41) is 41.5. The highest BCUT2D eigenvalue weighted by molar-refractivity contribution is 8.00. The minimum atomic E-state index is -1.81. The third-order valence-corrected chi connectivity index (χ3v) is 25.4. The number of thioether (sulfide) groups is 1. The predicted molar refractivity (Wildman–Crippen MR) is 495 cm³/mol. The van der Waals surface area contributed by atoms with Crippen LogP contribution in [0.15, 0.2) is 104 Å². The normalized spacial score (nSPS) is 24.0. The Morgan fingerprint density at radius 2 is 1.23 bits per heavy atom. The van der Waals surface area contributed by atoms with Crippen LogP contribution in [0.1, 0.15) is 179 Å². The van der Waals surface area contributed by atoms with Crippen molar-refractivity contribution in [2.24, 2.45) is 29.2 Å². The smallest absolute Gasteiger partial charge is 0.246 e. The highest BCUT2D eigenvalue weighted by Crippen LogP contribution is 2.32. The maximum Gasteiger partial charge on any atom is 0.246 e. The molecule has 13 atom stereocenters. The van der Waals surface area contributed by atoms with Gasteiger partial charge in [-0.25, -0.2) is 4.98 Å². The van der Waals surface area contributed by atoms with E-state index in [1.807, 2.05) is 38.1 Å². The first kappa shape index (κ1) is 105. The molecule has 1 aliphatic carbocycles. The Morgan fingerprint density at radius 3 is 1.91 bits per heavy atom. The van der Waals surface area contributed by atoms with E-state index in [1.165, 1.54) is 69.3 Å². The number of benzene rings is 3. The van der Waals surface area contributed by atoms with Crippen LogP contribution in [0.5, 0.6) is 0 Å². The fourth-order valence-electron chi connectivity index (χ4n) is 16.8. The largest absolute Gasteiger partial charge is 0.394 e. The number of aliphatic hydroxyl groups excluding tert-OH is 1. The molecule has 3 aliphatic rings. The SMILES string of the molecule is CCCCC1C(=O)N(C)[C@@H](CCCC)C(=O)C[C@@H](CCCNC(=N)N)C(=O)N[C@H](C(=O)CCC(C)=O)CSCC(=O)NC(Cc2ccccc2)C(=O)N(C)[C@@H](C)C(=O)N[C@@H](CC(N)=O)C(=O)N2CCC[C@H]2C(=O)CC(Cc2cnc[nH]2)C(=O)N[C@@H](CC(C)C)C(=O)N(C)CC(=O)N[C@@H](CC2=CCc3ccccc32)C(=O)N[C@@H](CO)C(=O)N[C@@H](Cc2c[nH]c3ccccc23)C(=O)N1C. The number of nitrogens with zero attached hydrogens (tertiary/aromatic N) is 6. The zero-order valence-electron chi connectivity index (χ0n) is 77.1. The van der Waals surface area contributed by atoms with E-state index in [9.17, 15) is 57.8 Å². The van der Waals surface area contributed by atoms with Gasteiger partial charge >= 0.3 is 0 Å². The van der Waals surface area contributed by atoms with Gasteiger partial charge in [0.15, 0.2) is 23.3 Å². The fraction of sp³-hybridized carbons (Fsp3) is 0.543. The number of aromatic amines is 2. The number of H-pyrrole nitrogens is 2. The van der Waals surface area contributed by atoms with Gasteiger partial charge in [0.1, 0.15) is 54.1 Å². The summed E-state index contributed by atoms with van der Waals surface area (Å²) in [6.07, 6.45) is 6.29. The molecule has 16 N–H and O–H groups in total. The molecule has 3 unspecified atom stereocenters. The molecule has 2 saturated heterocycles. The Morgan fingerprint density at radius 1 is 0.614 bits per heavy atom. The van der Waals surface area contributed by atoms with Gasteiger partial charge in [-0.1, -0.05) is 132 Å². The molecule has 2 fully saturated rings. The standard InChI is InChI=1S/C94H131N19O18S/c1-11-13-31-75-79(117)45-61(27-22-38-99-94(96)97)85(123)108-74(78(116)37-34-56(5)115)52-132-53-83(121)103-70(41-58-24-16-15-17-25-58)90(128)110(8)57(6)84(122)104-72(47-81(95)119)92(130)113-39-23-33-76(113)80(118)46-62(42-64-49-98-54-101-64)86(124)105-69(40-55(3)4)89(127)109(7)50-82(120)102-68(43-60-36-35-59-26-18-19-28-65(59)60)87(125)107-73(51-114)88(126)106-71(44-63-48-100-67-30-21-20-29-66(63)67)91(129)112(10)77(32-14-12-2)93(131)111(75)9/h15-21,24-26,28-30,36,48-49,54-55,57,61-62,68-77,100,114H,11-14,22-23,27,31-35,37-47,50-53H2,1-10H3,(H2,95,119)(H,98,101)(H,102,120)(H,103,121)(H,104,122)(H,105,124)(H,106,126)(H,107,125)(H,108,123)(H4,96,97,99)/t57-,61+,62?,68-,69-,70?,71-,72-,73-,74-,75-,76-,77?/m0/s1. The van der Waals surface area contributed by atoms with Crippen molar-refractivity contribution in [3.63, 3.8) is 0 Å². The van der Waals surface area contributed by atoms with Gasteiger partial charge in [-0.3, -0.25) is 82.1 Å². The number of fused-ring (bicyclic) bond motifs is 3. The summed E-state index contributed by atoms with van der Waals surface area (Å²) in [7, 11) is 5.41. The van der Waals surface area contributed by atoms with Gasteiger partial charge in [0, 0.05) is 133 Å². The van der Waals surface area contributed by atoms with Crippen LogP contribution in [0.25, 0.3) is 16.5 Å². The summed E-state index contributed by atoms with van der Waals surface area (Å²) in [6, 6.07) is 7.29. The molecule has 2 aromatic heterocycles. The first-order valence-electron chi connectivity index (χ1n) is 45.3. The molecular weight excluding hydrogens is 1720 g/mol. The van der Waals surface area contributed by atoms with Gasteiger partial charge in [0.05, 0.1) is 55.7 Å². The Hall–Kier alpha value is -12.5. The van der Waals surface area contributed by atoms with Gasteiger partial charge in [0.2, 0.25) is 76.8 Å². The molecule has 38 heteroatoms. The lowest BCUT2D eigenvalue weighted by atomic mass is 9.90. The number of aromatic nitrogens is 3. The predicted octanol–water partition coefficient (Wildman–Crippen LogP) is 2.69. The maximum absolute atomic E-state index is 15.7. The van der Waals surface area contributed by atoms with Crippen LogP contribution in [0, 0.1) is 23.2 Å². The lowest BCUT2D eigenvalue weighted by Crippen LogP contribution is -2.60. The summed E-state index contributed by atoms with van der Waals surface area (Å²) < 4.78 is 0. The van der Waals surface area contributed by atoms with Gasteiger partial charge in [0.25, 0.3) is 0 Å². The minimum Gasteiger partial charge on any atom is -0.394 e. The number of aliphatic hydroxyl groups is 1. The molecule has 5 aromatic rings. The van der Waals surface area contributed by atoms with Crippen LogP contribution in [-0.4, -0.2) is 283 Å². The van der Waals surface area contributed by atoms with Gasteiger partial charge in [-0.15, -0.1) is 11.8 Å². The van der Waals surface area contributed by atoms with E-state index >= 15 is 28.8 Å². The Balaban J connectivity index is 1.18. The van der Waals surface area contributed by atoms with Gasteiger partial charge in [-0.05, 0) is 105 Å². The van der Waals surface area contributed by atoms with Crippen LogP contribution in [0.4, 0.5) is 0 Å². The van der Waals surface area contributed by atoms with Gasteiger partial charge in [-0.2, -0.15) is 0 Å². The summed E-state index contributed by atoms with van der Waals surface area (Å²) in [5.41, 5.74) is 16.0. The van der Waals surface area contributed by atoms with Crippen LogP contribution < -0.4 is 54.0 Å². The molecule has 0 bridgehead atoms. The number of rotatable bonds is 27. The molecule has 13 amide bonds. The lowest BCUT2D eigenvalue weighted by Gasteiger charge is -2.36. The number of guanidine groups is 1. The summed E-state index contributed by atoms with van der Waals surface area (Å²) in [4.78, 5) is 266. The Bertz CT molecular complexity index is 4950. The van der Waals surface area contributed by atoms with E-state index in [2.05, 4.69) is 57.5 Å². The number of unbranched alkanes of at least 4 members (excludes halogenated alkanes) is 2. The van der Waals surface area contributed by atoms with Crippen LogP contribution in [0.3, 0.4) is 0 Å². The van der Waals surface area contributed by atoms with E-state index in [-0.39, 0.29) is 120 Å². The molecular formula is C94H131N19O18S. The van der Waals surface area contributed by atoms with Crippen molar-refractivity contribution in [1.82, 2.24) is 82.0 Å². The average molecular weight is 1850 g/mol. The van der Waals surface area contributed by atoms with Crippen LogP contribution >= 0.6 is 11.8 Å². The lowest BCUT2D eigenvalue weighted by molar-refractivity contribution is -0.149. The summed E-state index contributed by atoms with van der Waals surface area (Å²) >= 11 is 0.892. The number of para-hydroxylation sites is 1. The number of imidazole rings is 1. The topological polar surface area (TPSA) is 543 Å². The van der Waals surface area contributed by atoms with E-state index in [4.69, 9.17) is 16.9 Å². The third-order valence-electron chi connectivity index (χ3n) is 24.4. The quantitative estimate of drug-likeness (QED) is 0.0204. The number of primary amides is 1. The van der Waals surface area contributed by atoms with Crippen molar-refractivity contribution in [1.29, 1.82) is 5.41 Å². The van der Waals surface area contributed by atoms with Crippen LogP contribution in [0.2, 0.25) is 0 Å². The van der Waals surface area contributed by atoms with E-state index < -0.39 is 211 Å². The maximum atomic E-state index is 15.7. The molecule has 0 radical (unpaired) electrons.